The lowest BCUT2D eigenvalue weighted by Gasteiger charge is -2.19. The molecule has 4 rings (SSSR count). The quantitative estimate of drug-likeness (QED) is 0.314. The lowest BCUT2D eigenvalue weighted by molar-refractivity contribution is -0.114. The second-order valence-electron chi connectivity index (χ2n) is 6.67. The van der Waals surface area contributed by atoms with Gasteiger partial charge < -0.3 is 15.5 Å². The zero-order valence-electron chi connectivity index (χ0n) is 15.3. The van der Waals surface area contributed by atoms with Gasteiger partial charge in [0.05, 0.1) is 5.57 Å². The van der Waals surface area contributed by atoms with E-state index in [-0.39, 0.29) is 11.5 Å². The number of nitrogens with one attached hydrogen (secondary N) is 2. The van der Waals surface area contributed by atoms with E-state index in [0.717, 1.165) is 16.7 Å². The molecule has 6 heteroatoms. The van der Waals surface area contributed by atoms with Crippen LogP contribution in [0.3, 0.4) is 0 Å². The molecule has 1 heterocycles. The van der Waals surface area contributed by atoms with Crippen LogP contribution in [0.5, 0.6) is 11.5 Å². The van der Waals surface area contributed by atoms with Gasteiger partial charge in [-0.1, -0.05) is 42.5 Å². The molecule has 0 radical (unpaired) electrons. The first-order valence-corrected chi connectivity index (χ1v) is 9.03. The Balaban J connectivity index is 1.66. The van der Waals surface area contributed by atoms with Gasteiger partial charge in [0.1, 0.15) is 0 Å². The second kappa shape index (κ2) is 7.52. The van der Waals surface area contributed by atoms with Gasteiger partial charge in [-0.05, 0) is 41.0 Å². The van der Waals surface area contributed by atoms with E-state index in [1.54, 1.807) is 18.3 Å². The van der Waals surface area contributed by atoms with Crippen molar-refractivity contribution in [2.45, 2.75) is 6.54 Å². The van der Waals surface area contributed by atoms with Crippen LogP contribution in [0.25, 0.3) is 16.7 Å². The number of benzene rings is 3. The zero-order chi connectivity index (χ0) is 20.4. The van der Waals surface area contributed by atoms with Crippen molar-refractivity contribution < 1.29 is 19.8 Å². The van der Waals surface area contributed by atoms with E-state index in [1.807, 2.05) is 42.5 Å². The van der Waals surface area contributed by atoms with Gasteiger partial charge in [-0.15, -0.1) is 0 Å². The molecule has 2 amide bonds. The molecule has 0 fully saturated rings. The molecule has 3 aromatic carbocycles. The normalized spacial score (nSPS) is 14.4. The fraction of sp³-hybridized carbons (Fsp3) is 0.0435. The van der Waals surface area contributed by atoms with Crippen LogP contribution in [-0.4, -0.2) is 22.0 Å². The van der Waals surface area contributed by atoms with E-state index in [0.29, 0.717) is 23.2 Å². The fourth-order valence-corrected chi connectivity index (χ4v) is 3.23. The number of imide groups is 1. The third kappa shape index (κ3) is 3.68. The van der Waals surface area contributed by atoms with Gasteiger partial charge in [0.15, 0.2) is 11.5 Å². The minimum Gasteiger partial charge on any atom is -0.504 e. The molecule has 1 aliphatic rings. The Hall–Kier alpha value is -4.06. The van der Waals surface area contributed by atoms with Crippen molar-refractivity contribution in [3.05, 3.63) is 89.6 Å². The predicted molar refractivity (Wildman–Crippen MR) is 109 cm³/mol. The Morgan fingerprint density at radius 3 is 2.34 bits per heavy atom. The summed E-state index contributed by atoms with van der Waals surface area (Å²) in [5.74, 6) is -1.31. The van der Waals surface area contributed by atoms with Crippen LogP contribution in [0.1, 0.15) is 21.5 Å². The Morgan fingerprint density at radius 2 is 1.59 bits per heavy atom. The molecule has 0 spiro atoms. The van der Waals surface area contributed by atoms with Crippen molar-refractivity contribution in [2.75, 3.05) is 0 Å². The average Bonchev–Trinajstić information content (AvgIpc) is 2.73. The monoisotopic (exact) mass is 386 g/mol. The summed E-state index contributed by atoms with van der Waals surface area (Å²) in [5, 5.41) is 24.4. The molecular formula is C23H18N2O4. The van der Waals surface area contributed by atoms with Crippen LogP contribution in [0, 0.1) is 0 Å². The summed E-state index contributed by atoms with van der Waals surface area (Å²) in [6.45, 7) is 0.326. The molecule has 6 nitrogen and oxygen atoms in total. The Bertz CT molecular complexity index is 1140. The molecule has 0 unspecified atom stereocenters. The minimum absolute atomic E-state index is 0.195. The SMILES string of the molecule is O=C1NC(=O)c2ccc(-c3ccccc3)cc2C1=CNCc1ccc(O)c(O)c1. The highest BCUT2D eigenvalue weighted by Crippen LogP contribution is 2.29. The second-order valence-corrected chi connectivity index (χ2v) is 6.67. The largest absolute Gasteiger partial charge is 0.504 e. The third-order valence-corrected chi connectivity index (χ3v) is 4.73. The van der Waals surface area contributed by atoms with Crippen molar-refractivity contribution in [2.24, 2.45) is 0 Å². The van der Waals surface area contributed by atoms with Gasteiger partial charge >= 0.3 is 0 Å². The number of phenolic OH excluding ortho intramolecular Hbond substituents is 2. The van der Waals surface area contributed by atoms with Crippen molar-refractivity contribution in [1.29, 1.82) is 0 Å². The Kier molecular flexibility index (Phi) is 4.75. The van der Waals surface area contributed by atoms with E-state index >= 15 is 0 Å². The number of hydrogen-bond donors (Lipinski definition) is 4. The lowest BCUT2D eigenvalue weighted by Crippen LogP contribution is -2.37. The Labute approximate surface area is 167 Å². The van der Waals surface area contributed by atoms with Crippen LogP contribution >= 0.6 is 0 Å². The highest BCUT2D eigenvalue weighted by molar-refractivity contribution is 6.31. The van der Waals surface area contributed by atoms with Crippen molar-refractivity contribution in [3.8, 4) is 22.6 Å². The van der Waals surface area contributed by atoms with Crippen LogP contribution in [-0.2, 0) is 11.3 Å². The van der Waals surface area contributed by atoms with E-state index in [9.17, 15) is 19.8 Å². The van der Waals surface area contributed by atoms with Gasteiger partial charge in [-0.2, -0.15) is 0 Å². The standard InChI is InChI=1S/C23H18N2O4/c26-20-9-6-14(10-21(20)27)12-24-13-19-18-11-16(15-4-2-1-3-5-15)7-8-17(18)22(28)25-23(19)29/h1-11,13,24,26-27H,12H2,(H,25,28,29). The maximum Gasteiger partial charge on any atom is 0.260 e. The van der Waals surface area contributed by atoms with Crippen molar-refractivity contribution in [3.63, 3.8) is 0 Å². The summed E-state index contributed by atoms with van der Waals surface area (Å²) in [6, 6.07) is 19.6. The first kappa shape index (κ1) is 18.3. The smallest absolute Gasteiger partial charge is 0.260 e. The average molecular weight is 386 g/mol. The molecule has 1 aliphatic heterocycles. The molecule has 0 bridgehead atoms. The van der Waals surface area contributed by atoms with Crippen LogP contribution < -0.4 is 10.6 Å². The molecular weight excluding hydrogens is 368 g/mol. The predicted octanol–water partition coefficient (Wildman–Crippen LogP) is 3.17. The van der Waals surface area contributed by atoms with Crippen LogP contribution in [0.15, 0.2) is 72.9 Å². The van der Waals surface area contributed by atoms with Crippen LogP contribution in [0.2, 0.25) is 0 Å². The molecule has 0 aromatic heterocycles. The van der Waals surface area contributed by atoms with Gasteiger partial charge in [0.25, 0.3) is 11.8 Å². The highest BCUT2D eigenvalue weighted by Gasteiger charge is 2.27. The van der Waals surface area contributed by atoms with Crippen molar-refractivity contribution in [1.82, 2.24) is 10.6 Å². The summed E-state index contributed by atoms with van der Waals surface area (Å²) in [5.41, 5.74) is 3.95. The molecule has 4 N–H and O–H groups in total. The zero-order valence-corrected chi connectivity index (χ0v) is 15.3. The minimum atomic E-state index is -0.478. The van der Waals surface area contributed by atoms with Crippen LogP contribution in [0.4, 0.5) is 0 Å². The number of carbonyl (C=O) groups excluding carboxylic acids is 2. The first-order chi connectivity index (χ1) is 14.0. The number of rotatable bonds is 4. The van der Waals surface area contributed by atoms with Gasteiger partial charge in [-0.3, -0.25) is 14.9 Å². The fourth-order valence-electron chi connectivity index (χ4n) is 3.23. The topological polar surface area (TPSA) is 98.7 Å². The molecule has 0 saturated heterocycles. The molecule has 144 valence electrons. The van der Waals surface area contributed by atoms with E-state index in [2.05, 4.69) is 10.6 Å². The maximum atomic E-state index is 12.4. The highest BCUT2D eigenvalue weighted by atomic mass is 16.3. The summed E-state index contributed by atoms with van der Waals surface area (Å²) in [7, 11) is 0. The first-order valence-electron chi connectivity index (χ1n) is 9.03. The third-order valence-electron chi connectivity index (χ3n) is 4.73. The van der Waals surface area contributed by atoms with Gasteiger partial charge in [0.2, 0.25) is 0 Å². The number of carbonyl (C=O) groups is 2. The number of fused-ring (bicyclic) bond motifs is 1. The lowest BCUT2D eigenvalue weighted by atomic mass is 9.91. The molecule has 0 aliphatic carbocycles. The van der Waals surface area contributed by atoms with E-state index in [1.165, 1.54) is 12.1 Å². The molecule has 0 atom stereocenters. The van der Waals surface area contributed by atoms with Gasteiger partial charge in [-0.25, -0.2) is 0 Å². The number of phenols is 2. The van der Waals surface area contributed by atoms with E-state index < -0.39 is 11.8 Å². The van der Waals surface area contributed by atoms with Gasteiger partial charge in [0, 0.05) is 23.9 Å². The summed E-state index contributed by atoms with van der Waals surface area (Å²) in [6.07, 6.45) is 1.55. The molecule has 3 aromatic rings. The molecule has 0 saturated carbocycles. The number of hydrogen-bond acceptors (Lipinski definition) is 5. The summed E-state index contributed by atoms with van der Waals surface area (Å²) < 4.78 is 0. The summed E-state index contributed by atoms with van der Waals surface area (Å²) >= 11 is 0. The van der Waals surface area contributed by atoms with Crippen molar-refractivity contribution >= 4 is 17.4 Å². The van der Waals surface area contributed by atoms with E-state index in [4.69, 9.17) is 0 Å². The molecule has 29 heavy (non-hydrogen) atoms. The summed E-state index contributed by atoms with van der Waals surface area (Å²) in [4.78, 5) is 24.7. The Morgan fingerprint density at radius 1 is 0.793 bits per heavy atom. The maximum absolute atomic E-state index is 12.4. The number of amides is 2. The number of aromatic hydroxyl groups is 2.